The predicted octanol–water partition coefficient (Wildman–Crippen LogP) is 0.969. The zero-order valence-electron chi connectivity index (χ0n) is 8.10. The molecule has 0 atom stereocenters. The average Bonchev–Trinajstić information content (AvgIpc) is 2.18. The van der Waals surface area contributed by atoms with Gasteiger partial charge in [-0.25, -0.2) is 4.79 Å². The molecule has 0 bridgehead atoms. The van der Waals surface area contributed by atoms with E-state index < -0.39 is 11.9 Å². The lowest BCUT2D eigenvalue weighted by Gasteiger charge is -2.03. The molecule has 1 aromatic heterocycles. The van der Waals surface area contributed by atoms with Gasteiger partial charge in [-0.3, -0.25) is 9.78 Å². The van der Waals surface area contributed by atoms with Crippen LogP contribution in [0.5, 0.6) is 0 Å². The van der Waals surface area contributed by atoms with E-state index in [4.69, 9.17) is 5.11 Å². The van der Waals surface area contributed by atoms with Gasteiger partial charge in [0.25, 0.3) is 0 Å². The maximum Gasteiger partial charge on any atom is 0.328 e. The highest BCUT2D eigenvalue weighted by Crippen LogP contribution is 2.10. The Morgan fingerprint density at radius 3 is 2.80 bits per heavy atom. The normalized spacial score (nSPS) is 10.2. The number of aromatic nitrogens is 1. The van der Waals surface area contributed by atoms with Crippen molar-refractivity contribution in [3.63, 3.8) is 0 Å². The van der Waals surface area contributed by atoms with Gasteiger partial charge in [-0.1, -0.05) is 0 Å². The summed E-state index contributed by atoms with van der Waals surface area (Å²) in [5.74, 6) is -1.65. The fraction of sp³-hybridized carbons (Fsp3) is 0.100. The van der Waals surface area contributed by atoms with E-state index in [1.807, 2.05) is 6.92 Å². The summed E-state index contributed by atoms with van der Waals surface area (Å²) in [4.78, 5) is 25.2. The number of amides is 1. The first-order valence-corrected chi connectivity index (χ1v) is 4.22. The summed E-state index contributed by atoms with van der Waals surface area (Å²) in [6.45, 7) is 1.82. The van der Waals surface area contributed by atoms with Crippen LogP contribution in [-0.2, 0) is 9.59 Å². The van der Waals surface area contributed by atoms with Crippen LogP contribution in [0.15, 0.2) is 30.6 Å². The third-order valence-corrected chi connectivity index (χ3v) is 1.67. The monoisotopic (exact) mass is 206 g/mol. The second-order valence-electron chi connectivity index (χ2n) is 2.85. The lowest BCUT2D eigenvalue weighted by Crippen LogP contribution is -2.09. The van der Waals surface area contributed by atoms with E-state index in [-0.39, 0.29) is 0 Å². The topological polar surface area (TPSA) is 79.3 Å². The molecule has 0 saturated heterocycles. The smallest absolute Gasteiger partial charge is 0.328 e. The molecule has 0 fully saturated rings. The van der Waals surface area contributed by atoms with Crippen molar-refractivity contribution in [2.24, 2.45) is 0 Å². The summed E-state index contributed by atoms with van der Waals surface area (Å²) in [6.07, 6.45) is 4.84. The lowest BCUT2D eigenvalue weighted by atomic mass is 10.2. The number of aryl methyl sites for hydroxylation is 1. The maximum absolute atomic E-state index is 11.2. The molecule has 0 aliphatic rings. The Bertz CT molecular complexity index is 413. The number of carbonyl (C=O) groups is 2. The van der Waals surface area contributed by atoms with Crippen molar-refractivity contribution in [2.75, 3.05) is 5.32 Å². The Hall–Kier alpha value is -2.17. The first-order valence-electron chi connectivity index (χ1n) is 4.22. The quantitative estimate of drug-likeness (QED) is 0.722. The minimum atomic E-state index is -1.16. The van der Waals surface area contributed by atoms with Crippen LogP contribution in [0, 0.1) is 6.92 Å². The molecule has 1 amide bonds. The highest BCUT2D eigenvalue weighted by molar-refractivity contribution is 6.02. The fourth-order valence-electron chi connectivity index (χ4n) is 0.916. The van der Waals surface area contributed by atoms with Crippen LogP contribution in [0.1, 0.15) is 5.56 Å². The SMILES string of the molecule is Cc1ccncc1NC(=O)/C=C/C(=O)O. The summed E-state index contributed by atoms with van der Waals surface area (Å²) in [5, 5.41) is 10.8. The number of carboxylic acid groups (broad SMARTS) is 1. The van der Waals surface area contributed by atoms with E-state index in [0.29, 0.717) is 5.69 Å². The maximum atomic E-state index is 11.2. The van der Waals surface area contributed by atoms with E-state index in [1.54, 1.807) is 12.3 Å². The van der Waals surface area contributed by atoms with Gasteiger partial charge < -0.3 is 10.4 Å². The van der Waals surface area contributed by atoms with Crippen molar-refractivity contribution in [3.8, 4) is 0 Å². The molecule has 5 heteroatoms. The number of carbonyl (C=O) groups excluding carboxylic acids is 1. The van der Waals surface area contributed by atoms with Gasteiger partial charge in [0.2, 0.25) is 5.91 Å². The van der Waals surface area contributed by atoms with Crippen LogP contribution in [-0.4, -0.2) is 22.0 Å². The van der Waals surface area contributed by atoms with Gasteiger partial charge in [0.1, 0.15) is 0 Å². The van der Waals surface area contributed by atoms with Gasteiger partial charge in [-0.2, -0.15) is 0 Å². The minimum Gasteiger partial charge on any atom is -0.478 e. The number of nitrogens with one attached hydrogen (secondary N) is 1. The van der Waals surface area contributed by atoms with Gasteiger partial charge in [0.05, 0.1) is 11.9 Å². The molecule has 1 aromatic rings. The van der Waals surface area contributed by atoms with E-state index in [1.165, 1.54) is 6.20 Å². The Morgan fingerprint density at radius 2 is 2.20 bits per heavy atom. The molecule has 0 spiro atoms. The molecule has 0 unspecified atom stereocenters. The zero-order valence-corrected chi connectivity index (χ0v) is 8.10. The summed E-state index contributed by atoms with van der Waals surface area (Å²) < 4.78 is 0. The zero-order chi connectivity index (χ0) is 11.3. The number of rotatable bonds is 3. The van der Waals surface area contributed by atoms with E-state index in [9.17, 15) is 9.59 Å². The Labute approximate surface area is 86.5 Å². The molecule has 15 heavy (non-hydrogen) atoms. The van der Waals surface area contributed by atoms with Gasteiger partial charge >= 0.3 is 5.97 Å². The van der Waals surface area contributed by atoms with Crippen molar-refractivity contribution in [1.29, 1.82) is 0 Å². The molecular formula is C10H10N2O3. The van der Waals surface area contributed by atoms with Crippen LogP contribution in [0.4, 0.5) is 5.69 Å². The second-order valence-corrected chi connectivity index (χ2v) is 2.85. The Balaban J connectivity index is 2.67. The minimum absolute atomic E-state index is 0.492. The molecular weight excluding hydrogens is 196 g/mol. The third kappa shape index (κ3) is 3.60. The molecule has 1 heterocycles. The highest BCUT2D eigenvalue weighted by Gasteiger charge is 2.01. The van der Waals surface area contributed by atoms with Crippen molar-refractivity contribution in [2.45, 2.75) is 6.92 Å². The number of pyridine rings is 1. The van der Waals surface area contributed by atoms with Gasteiger partial charge in [0, 0.05) is 18.3 Å². The number of anilines is 1. The van der Waals surface area contributed by atoms with Crippen LogP contribution < -0.4 is 5.32 Å². The van der Waals surface area contributed by atoms with E-state index >= 15 is 0 Å². The highest BCUT2D eigenvalue weighted by atomic mass is 16.4. The van der Waals surface area contributed by atoms with Crippen LogP contribution >= 0.6 is 0 Å². The summed E-state index contributed by atoms with van der Waals surface area (Å²) in [7, 11) is 0. The van der Waals surface area contributed by atoms with Crippen LogP contribution in [0.3, 0.4) is 0 Å². The first-order chi connectivity index (χ1) is 7.09. The summed E-state index contributed by atoms with van der Waals surface area (Å²) >= 11 is 0. The number of hydrogen-bond acceptors (Lipinski definition) is 3. The number of nitrogens with zero attached hydrogens (tertiary/aromatic N) is 1. The Morgan fingerprint density at radius 1 is 1.47 bits per heavy atom. The average molecular weight is 206 g/mol. The first kappa shape index (κ1) is 10.9. The number of hydrogen-bond donors (Lipinski definition) is 2. The van der Waals surface area contributed by atoms with Gasteiger partial charge in [-0.05, 0) is 18.6 Å². The molecule has 0 saturated carbocycles. The summed E-state index contributed by atoms with van der Waals surface area (Å²) in [6, 6.07) is 1.75. The Kier molecular flexibility index (Phi) is 3.56. The van der Waals surface area contributed by atoms with Crippen LogP contribution in [0.2, 0.25) is 0 Å². The molecule has 0 aromatic carbocycles. The van der Waals surface area contributed by atoms with Crippen molar-refractivity contribution < 1.29 is 14.7 Å². The standard InChI is InChI=1S/C10H10N2O3/c1-7-4-5-11-6-8(7)12-9(13)2-3-10(14)15/h2-6H,1H3,(H,12,13)(H,14,15)/b3-2+. The molecule has 0 aliphatic carbocycles. The molecule has 2 N–H and O–H groups in total. The molecule has 0 radical (unpaired) electrons. The predicted molar refractivity (Wildman–Crippen MR) is 54.4 cm³/mol. The second kappa shape index (κ2) is 4.90. The molecule has 5 nitrogen and oxygen atoms in total. The number of carboxylic acids is 1. The van der Waals surface area contributed by atoms with E-state index in [2.05, 4.69) is 10.3 Å². The number of aliphatic carboxylic acids is 1. The van der Waals surface area contributed by atoms with Crippen LogP contribution in [0.25, 0.3) is 0 Å². The van der Waals surface area contributed by atoms with Crippen molar-refractivity contribution in [3.05, 3.63) is 36.2 Å². The fourth-order valence-corrected chi connectivity index (χ4v) is 0.916. The third-order valence-electron chi connectivity index (χ3n) is 1.67. The largest absolute Gasteiger partial charge is 0.478 e. The molecule has 78 valence electrons. The molecule has 0 aliphatic heterocycles. The summed E-state index contributed by atoms with van der Waals surface area (Å²) in [5.41, 5.74) is 1.43. The van der Waals surface area contributed by atoms with Gasteiger partial charge in [-0.15, -0.1) is 0 Å². The van der Waals surface area contributed by atoms with Gasteiger partial charge in [0.15, 0.2) is 0 Å². The van der Waals surface area contributed by atoms with Crippen molar-refractivity contribution >= 4 is 17.6 Å². The van der Waals surface area contributed by atoms with Crippen molar-refractivity contribution in [1.82, 2.24) is 4.98 Å². The van der Waals surface area contributed by atoms with E-state index in [0.717, 1.165) is 17.7 Å². The lowest BCUT2D eigenvalue weighted by molar-refractivity contribution is -0.131. The molecule has 1 rings (SSSR count).